The Morgan fingerprint density at radius 1 is 1.20 bits per heavy atom. The molecule has 1 unspecified atom stereocenters. The molecule has 156 valence electrons. The Labute approximate surface area is 175 Å². The molecule has 30 heavy (non-hydrogen) atoms. The normalized spacial score (nSPS) is 14.5. The monoisotopic (exact) mass is 408 g/mol. The number of imidazole rings is 1. The molecule has 0 aliphatic carbocycles. The van der Waals surface area contributed by atoms with Gasteiger partial charge in [-0.25, -0.2) is 19.2 Å². The van der Waals surface area contributed by atoms with E-state index in [0.717, 1.165) is 24.5 Å². The second-order valence-electron chi connectivity index (χ2n) is 7.43. The van der Waals surface area contributed by atoms with Crippen LogP contribution in [-0.2, 0) is 13.6 Å². The van der Waals surface area contributed by atoms with Crippen molar-refractivity contribution in [2.75, 3.05) is 18.0 Å². The van der Waals surface area contributed by atoms with Gasteiger partial charge in [0.25, 0.3) is 0 Å². The smallest absolute Gasteiger partial charge is 0.315 e. The number of urea groups is 1. The third kappa shape index (κ3) is 4.59. The van der Waals surface area contributed by atoms with Crippen molar-refractivity contribution in [2.45, 2.75) is 25.4 Å². The summed E-state index contributed by atoms with van der Waals surface area (Å²) >= 11 is 0. The van der Waals surface area contributed by atoms with Crippen molar-refractivity contribution < 1.29 is 9.18 Å². The first-order valence-corrected chi connectivity index (χ1v) is 10.1. The zero-order valence-corrected chi connectivity index (χ0v) is 16.9. The van der Waals surface area contributed by atoms with Gasteiger partial charge in [0.05, 0.1) is 0 Å². The van der Waals surface area contributed by atoms with Crippen LogP contribution in [0.25, 0.3) is 0 Å². The molecule has 7 nitrogen and oxygen atoms in total. The number of aryl methyl sites for hydroxylation is 1. The van der Waals surface area contributed by atoms with Gasteiger partial charge in [-0.1, -0.05) is 18.2 Å². The maximum atomic E-state index is 13.8. The highest BCUT2D eigenvalue weighted by Gasteiger charge is 2.21. The van der Waals surface area contributed by atoms with Crippen molar-refractivity contribution in [1.29, 1.82) is 0 Å². The second kappa shape index (κ2) is 8.94. The van der Waals surface area contributed by atoms with E-state index in [2.05, 4.69) is 25.5 Å². The molecular formula is C22H25FN6O. The van der Waals surface area contributed by atoms with Crippen molar-refractivity contribution in [2.24, 2.45) is 7.05 Å². The molecule has 2 amide bonds. The molecule has 0 radical (unpaired) electrons. The summed E-state index contributed by atoms with van der Waals surface area (Å²) in [5, 5.41) is 5.75. The van der Waals surface area contributed by atoms with Crippen LogP contribution >= 0.6 is 0 Å². The molecule has 1 aliphatic heterocycles. The van der Waals surface area contributed by atoms with Crippen LogP contribution in [0.15, 0.2) is 55.0 Å². The number of nitrogens with one attached hydrogen (secondary N) is 2. The third-order valence-electron chi connectivity index (χ3n) is 5.27. The third-order valence-corrected chi connectivity index (χ3v) is 5.27. The summed E-state index contributed by atoms with van der Waals surface area (Å²) in [5.74, 6) is 1.23. The van der Waals surface area contributed by atoms with Gasteiger partial charge in [-0.15, -0.1) is 0 Å². The lowest BCUT2D eigenvalue weighted by molar-refractivity contribution is 0.237. The van der Waals surface area contributed by atoms with Crippen LogP contribution in [0.2, 0.25) is 0 Å². The van der Waals surface area contributed by atoms with E-state index in [-0.39, 0.29) is 11.8 Å². The molecule has 8 heteroatoms. The number of halogens is 1. The standard InChI is InChI=1S/C22H25FN6O/c1-28-12-9-24-21(28)20(17-5-4-6-18(23)13-17)27-22(30)26-15-16-7-8-19(25-14-16)29-10-2-3-11-29/h4-9,12-14,20H,2-3,10-11,15H2,1H3,(H2,26,27,30). The highest BCUT2D eigenvalue weighted by Crippen LogP contribution is 2.21. The Morgan fingerprint density at radius 2 is 2.03 bits per heavy atom. The van der Waals surface area contributed by atoms with Crippen LogP contribution in [0.5, 0.6) is 0 Å². The summed E-state index contributed by atoms with van der Waals surface area (Å²) in [7, 11) is 1.84. The Morgan fingerprint density at radius 3 is 2.70 bits per heavy atom. The topological polar surface area (TPSA) is 75.1 Å². The van der Waals surface area contributed by atoms with Crippen LogP contribution in [0.1, 0.15) is 35.8 Å². The first kappa shape index (κ1) is 19.9. The average molecular weight is 408 g/mol. The SMILES string of the molecule is Cn1ccnc1C(NC(=O)NCc1ccc(N2CCCC2)nc1)c1cccc(F)c1. The van der Waals surface area contributed by atoms with Gasteiger partial charge in [-0.05, 0) is 42.2 Å². The van der Waals surface area contributed by atoms with Gasteiger partial charge in [0.2, 0.25) is 0 Å². The predicted molar refractivity (Wildman–Crippen MR) is 113 cm³/mol. The highest BCUT2D eigenvalue weighted by molar-refractivity contribution is 5.74. The molecule has 1 aromatic carbocycles. The zero-order chi connectivity index (χ0) is 20.9. The number of anilines is 1. The number of hydrogen-bond acceptors (Lipinski definition) is 4. The first-order valence-electron chi connectivity index (χ1n) is 10.1. The molecule has 1 saturated heterocycles. The number of aromatic nitrogens is 3. The van der Waals surface area contributed by atoms with Crippen LogP contribution in [-0.4, -0.2) is 33.7 Å². The number of hydrogen-bond donors (Lipinski definition) is 2. The van der Waals surface area contributed by atoms with Gasteiger partial charge < -0.3 is 20.1 Å². The lowest BCUT2D eigenvalue weighted by Gasteiger charge is -2.20. The number of rotatable bonds is 6. The predicted octanol–water partition coefficient (Wildman–Crippen LogP) is 3.14. The summed E-state index contributed by atoms with van der Waals surface area (Å²) in [6, 6.07) is 9.19. The Bertz CT molecular complexity index is 997. The molecule has 3 aromatic rings. The average Bonchev–Trinajstić information content (AvgIpc) is 3.43. The molecule has 4 rings (SSSR count). The summed E-state index contributed by atoms with van der Waals surface area (Å²) in [5.41, 5.74) is 1.53. The number of pyridine rings is 1. The van der Waals surface area contributed by atoms with E-state index < -0.39 is 6.04 Å². The quantitative estimate of drug-likeness (QED) is 0.657. The van der Waals surface area contributed by atoms with Crippen LogP contribution in [0, 0.1) is 5.82 Å². The molecule has 3 heterocycles. The molecule has 0 saturated carbocycles. The lowest BCUT2D eigenvalue weighted by Crippen LogP contribution is -2.39. The van der Waals surface area contributed by atoms with E-state index in [4.69, 9.17) is 0 Å². The molecule has 0 spiro atoms. The van der Waals surface area contributed by atoms with Crippen molar-refractivity contribution in [3.8, 4) is 0 Å². The van der Waals surface area contributed by atoms with Gasteiger partial charge in [-0.2, -0.15) is 0 Å². The van der Waals surface area contributed by atoms with E-state index in [9.17, 15) is 9.18 Å². The minimum absolute atomic E-state index is 0.343. The van der Waals surface area contributed by atoms with Gasteiger partial charge >= 0.3 is 6.03 Å². The van der Waals surface area contributed by atoms with E-state index in [1.54, 1.807) is 35.3 Å². The fraction of sp³-hybridized carbons (Fsp3) is 0.318. The molecule has 2 aromatic heterocycles. The fourth-order valence-corrected chi connectivity index (χ4v) is 3.66. The summed E-state index contributed by atoms with van der Waals surface area (Å²) in [6.07, 6.45) is 7.63. The molecule has 0 bridgehead atoms. The maximum absolute atomic E-state index is 13.8. The number of nitrogens with zero attached hydrogens (tertiary/aromatic N) is 4. The molecular weight excluding hydrogens is 383 g/mol. The first-order chi connectivity index (χ1) is 14.6. The van der Waals surface area contributed by atoms with Crippen molar-refractivity contribution in [3.63, 3.8) is 0 Å². The summed E-state index contributed by atoms with van der Waals surface area (Å²) in [6.45, 7) is 2.43. The van der Waals surface area contributed by atoms with E-state index in [1.165, 1.54) is 25.0 Å². The largest absolute Gasteiger partial charge is 0.357 e. The van der Waals surface area contributed by atoms with E-state index in [1.807, 2.05) is 19.2 Å². The molecule has 2 N–H and O–H groups in total. The minimum Gasteiger partial charge on any atom is -0.357 e. The zero-order valence-electron chi connectivity index (χ0n) is 16.9. The van der Waals surface area contributed by atoms with Gasteiger partial charge in [-0.3, -0.25) is 0 Å². The Hall–Kier alpha value is -3.42. The molecule has 1 atom stereocenters. The minimum atomic E-state index is -0.573. The van der Waals surface area contributed by atoms with Gasteiger partial charge in [0.1, 0.15) is 23.5 Å². The number of carbonyl (C=O) groups is 1. The Balaban J connectivity index is 1.41. The fourth-order valence-electron chi connectivity index (χ4n) is 3.66. The van der Waals surface area contributed by atoms with E-state index >= 15 is 0 Å². The summed E-state index contributed by atoms with van der Waals surface area (Å²) in [4.78, 5) is 23.7. The van der Waals surface area contributed by atoms with Crippen LogP contribution in [0.3, 0.4) is 0 Å². The number of carbonyl (C=O) groups excluding carboxylic acids is 1. The van der Waals surface area contributed by atoms with Gasteiger partial charge in [0, 0.05) is 45.3 Å². The maximum Gasteiger partial charge on any atom is 0.315 e. The van der Waals surface area contributed by atoms with Crippen molar-refractivity contribution in [1.82, 2.24) is 25.2 Å². The van der Waals surface area contributed by atoms with Crippen LogP contribution in [0.4, 0.5) is 15.0 Å². The Kier molecular flexibility index (Phi) is 5.92. The lowest BCUT2D eigenvalue weighted by atomic mass is 10.1. The highest BCUT2D eigenvalue weighted by atomic mass is 19.1. The molecule has 1 fully saturated rings. The van der Waals surface area contributed by atoms with Crippen molar-refractivity contribution in [3.05, 3.63) is 77.8 Å². The number of amides is 2. The van der Waals surface area contributed by atoms with Crippen LogP contribution < -0.4 is 15.5 Å². The summed E-state index contributed by atoms with van der Waals surface area (Å²) < 4.78 is 15.6. The van der Waals surface area contributed by atoms with E-state index in [0.29, 0.717) is 17.9 Å². The van der Waals surface area contributed by atoms with Crippen molar-refractivity contribution >= 4 is 11.8 Å². The van der Waals surface area contributed by atoms with Gasteiger partial charge in [0.15, 0.2) is 0 Å². The second-order valence-corrected chi connectivity index (χ2v) is 7.43. The molecule has 1 aliphatic rings. The number of benzene rings is 1.